The van der Waals surface area contributed by atoms with Gasteiger partial charge < -0.3 is 0 Å². The number of nitro groups is 1. The minimum atomic E-state index is -0.730. The lowest BCUT2D eigenvalue weighted by Gasteiger charge is -2.37. The summed E-state index contributed by atoms with van der Waals surface area (Å²) < 4.78 is 0. The Bertz CT molecular complexity index is 716. The SMILES string of the molecule is CC1=CC[C@H]([N+](=O)[O-])[C@@H](c2ccccc2)N1OCc1ccccc1. The molecule has 2 atom stereocenters. The molecule has 2 aromatic carbocycles. The predicted octanol–water partition coefficient (Wildman–Crippen LogP) is 4.11. The fraction of sp³-hybridized carbons (Fsp3) is 0.263. The third-order valence-corrected chi connectivity index (χ3v) is 4.24. The second kappa shape index (κ2) is 7.27. The van der Waals surface area contributed by atoms with E-state index in [0.29, 0.717) is 13.0 Å². The van der Waals surface area contributed by atoms with E-state index in [-0.39, 0.29) is 4.92 Å². The van der Waals surface area contributed by atoms with Crippen LogP contribution in [0.25, 0.3) is 0 Å². The Morgan fingerprint density at radius 2 is 1.75 bits per heavy atom. The summed E-state index contributed by atoms with van der Waals surface area (Å²) >= 11 is 0. The lowest BCUT2D eigenvalue weighted by molar-refractivity contribution is -0.537. The van der Waals surface area contributed by atoms with Crippen LogP contribution in [0.3, 0.4) is 0 Å². The summed E-state index contributed by atoms with van der Waals surface area (Å²) in [6.45, 7) is 2.30. The Balaban J connectivity index is 1.88. The van der Waals surface area contributed by atoms with Gasteiger partial charge in [0.15, 0.2) is 0 Å². The molecule has 24 heavy (non-hydrogen) atoms. The number of hydrogen-bond donors (Lipinski definition) is 0. The third-order valence-electron chi connectivity index (χ3n) is 4.24. The minimum absolute atomic E-state index is 0.209. The molecule has 0 saturated carbocycles. The van der Waals surface area contributed by atoms with Gasteiger partial charge in [-0.25, -0.2) is 5.06 Å². The first-order valence-electron chi connectivity index (χ1n) is 7.98. The van der Waals surface area contributed by atoms with E-state index < -0.39 is 12.1 Å². The first-order chi connectivity index (χ1) is 11.7. The van der Waals surface area contributed by atoms with Crippen molar-refractivity contribution in [3.63, 3.8) is 0 Å². The first kappa shape index (κ1) is 16.2. The lowest BCUT2D eigenvalue weighted by Crippen LogP contribution is -2.42. The molecule has 5 nitrogen and oxygen atoms in total. The van der Waals surface area contributed by atoms with Gasteiger partial charge in [-0.15, -0.1) is 0 Å². The van der Waals surface area contributed by atoms with Gasteiger partial charge in [-0.3, -0.25) is 15.0 Å². The Morgan fingerprint density at radius 1 is 1.12 bits per heavy atom. The van der Waals surface area contributed by atoms with Crippen molar-refractivity contribution in [1.82, 2.24) is 5.06 Å². The van der Waals surface area contributed by atoms with Crippen molar-refractivity contribution in [2.45, 2.75) is 32.0 Å². The number of hydroxylamine groups is 2. The van der Waals surface area contributed by atoms with Crippen LogP contribution in [-0.4, -0.2) is 16.0 Å². The van der Waals surface area contributed by atoms with Gasteiger partial charge in [-0.05, 0) is 18.1 Å². The monoisotopic (exact) mass is 324 g/mol. The Labute approximate surface area is 141 Å². The van der Waals surface area contributed by atoms with E-state index in [1.807, 2.05) is 73.7 Å². The van der Waals surface area contributed by atoms with Crippen LogP contribution in [-0.2, 0) is 11.4 Å². The second-order valence-electron chi connectivity index (χ2n) is 5.87. The van der Waals surface area contributed by atoms with Crippen LogP contribution in [0.15, 0.2) is 72.4 Å². The molecule has 0 amide bonds. The van der Waals surface area contributed by atoms with Crippen molar-refractivity contribution in [2.24, 2.45) is 0 Å². The molecule has 5 heteroatoms. The molecule has 0 fully saturated rings. The van der Waals surface area contributed by atoms with Crippen LogP contribution in [0.5, 0.6) is 0 Å². The van der Waals surface area contributed by atoms with E-state index in [0.717, 1.165) is 16.8 Å². The van der Waals surface area contributed by atoms with Crippen LogP contribution >= 0.6 is 0 Å². The maximum atomic E-state index is 11.6. The van der Waals surface area contributed by atoms with Gasteiger partial charge >= 0.3 is 0 Å². The number of rotatable bonds is 5. The predicted molar refractivity (Wildman–Crippen MR) is 91.4 cm³/mol. The topological polar surface area (TPSA) is 55.6 Å². The number of hydrogen-bond acceptors (Lipinski definition) is 4. The highest BCUT2D eigenvalue weighted by Gasteiger charge is 2.40. The van der Waals surface area contributed by atoms with Gasteiger partial charge in [0, 0.05) is 17.0 Å². The van der Waals surface area contributed by atoms with Gasteiger partial charge in [0.1, 0.15) is 6.04 Å². The largest absolute Gasteiger partial charge is 0.268 e. The van der Waals surface area contributed by atoms with Crippen molar-refractivity contribution >= 4 is 0 Å². The Kier molecular flexibility index (Phi) is 4.91. The third kappa shape index (κ3) is 3.46. The van der Waals surface area contributed by atoms with Gasteiger partial charge in [-0.1, -0.05) is 66.7 Å². The van der Waals surface area contributed by atoms with E-state index in [1.54, 1.807) is 5.06 Å². The molecule has 0 radical (unpaired) electrons. The summed E-state index contributed by atoms with van der Waals surface area (Å²) in [7, 11) is 0. The summed E-state index contributed by atoms with van der Waals surface area (Å²) in [6, 6.07) is 18.2. The van der Waals surface area contributed by atoms with E-state index in [9.17, 15) is 10.1 Å². The van der Waals surface area contributed by atoms with Gasteiger partial charge in [0.2, 0.25) is 6.04 Å². The highest BCUT2D eigenvalue weighted by Crippen LogP contribution is 2.35. The van der Waals surface area contributed by atoms with Crippen LogP contribution in [0.2, 0.25) is 0 Å². The fourth-order valence-corrected chi connectivity index (χ4v) is 3.00. The van der Waals surface area contributed by atoms with Gasteiger partial charge in [0.05, 0.1) is 6.61 Å². The van der Waals surface area contributed by atoms with Crippen LogP contribution < -0.4 is 0 Å². The molecule has 3 rings (SSSR count). The molecule has 0 aromatic heterocycles. The zero-order valence-corrected chi connectivity index (χ0v) is 13.5. The molecule has 0 N–H and O–H groups in total. The van der Waals surface area contributed by atoms with Crippen LogP contribution in [0, 0.1) is 10.1 Å². The fourth-order valence-electron chi connectivity index (χ4n) is 3.00. The van der Waals surface area contributed by atoms with Crippen molar-refractivity contribution in [2.75, 3.05) is 0 Å². The average molecular weight is 324 g/mol. The van der Waals surface area contributed by atoms with Crippen molar-refractivity contribution in [3.05, 3.63) is 93.7 Å². The van der Waals surface area contributed by atoms with Crippen LogP contribution in [0.1, 0.15) is 30.5 Å². The Morgan fingerprint density at radius 3 is 2.38 bits per heavy atom. The maximum absolute atomic E-state index is 11.6. The lowest BCUT2D eigenvalue weighted by atomic mass is 9.93. The van der Waals surface area contributed by atoms with E-state index >= 15 is 0 Å². The van der Waals surface area contributed by atoms with E-state index in [2.05, 4.69) is 0 Å². The van der Waals surface area contributed by atoms with E-state index in [1.165, 1.54) is 0 Å². The normalized spacial score (nSPS) is 20.5. The zero-order valence-electron chi connectivity index (χ0n) is 13.5. The zero-order chi connectivity index (χ0) is 16.9. The molecule has 0 spiro atoms. The van der Waals surface area contributed by atoms with Crippen molar-refractivity contribution in [1.29, 1.82) is 0 Å². The molecule has 2 aromatic rings. The molecule has 1 heterocycles. The molecule has 0 saturated heterocycles. The van der Waals surface area contributed by atoms with Crippen LogP contribution in [0.4, 0.5) is 0 Å². The standard InChI is InChI=1S/C19H20N2O3/c1-15-12-13-18(21(22)23)19(17-10-6-3-7-11-17)20(15)24-14-16-8-4-2-5-9-16/h2-12,18-19H,13-14H2,1H3/t18-,19+/m0/s1. The molecule has 0 bridgehead atoms. The smallest absolute Gasteiger partial charge is 0.243 e. The molecule has 124 valence electrons. The molecule has 1 aliphatic rings. The average Bonchev–Trinajstić information content (AvgIpc) is 2.61. The summed E-state index contributed by atoms with van der Waals surface area (Å²) in [5.41, 5.74) is 2.82. The highest BCUT2D eigenvalue weighted by atomic mass is 16.7. The summed E-state index contributed by atoms with van der Waals surface area (Å²) in [6.07, 6.45) is 2.28. The summed E-state index contributed by atoms with van der Waals surface area (Å²) in [5.74, 6) is 0. The van der Waals surface area contributed by atoms with Gasteiger partial charge in [-0.2, -0.15) is 0 Å². The Hall–Kier alpha value is -2.66. The number of allylic oxidation sites excluding steroid dienone is 1. The number of nitrogens with zero attached hydrogens (tertiary/aromatic N) is 2. The van der Waals surface area contributed by atoms with Crippen molar-refractivity contribution in [3.8, 4) is 0 Å². The first-order valence-corrected chi connectivity index (χ1v) is 7.98. The number of benzene rings is 2. The molecule has 1 aliphatic heterocycles. The summed E-state index contributed by atoms with van der Waals surface area (Å²) in [5, 5.41) is 13.3. The summed E-state index contributed by atoms with van der Waals surface area (Å²) in [4.78, 5) is 17.3. The molecule has 0 unspecified atom stereocenters. The quantitative estimate of drug-likeness (QED) is 0.613. The molecule has 0 aliphatic carbocycles. The van der Waals surface area contributed by atoms with E-state index in [4.69, 9.17) is 4.84 Å². The van der Waals surface area contributed by atoms with Gasteiger partial charge in [0.25, 0.3) is 0 Å². The highest BCUT2D eigenvalue weighted by molar-refractivity contribution is 5.23. The minimum Gasteiger partial charge on any atom is -0.268 e. The maximum Gasteiger partial charge on any atom is 0.243 e. The molecular weight excluding hydrogens is 304 g/mol. The van der Waals surface area contributed by atoms with Crippen molar-refractivity contribution < 1.29 is 9.76 Å². The molecular formula is C19H20N2O3. The second-order valence-corrected chi connectivity index (χ2v) is 5.87.